The van der Waals surface area contributed by atoms with Crippen molar-refractivity contribution in [2.75, 3.05) is 11.6 Å². The summed E-state index contributed by atoms with van der Waals surface area (Å²) in [5, 5.41) is 13.1. The van der Waals surface area contributed by atoms with Gasteiger partial charge in [-0.05, 0) is 59.4 Å². The molecule has 3 aromatic carbocycles. The number of carbonyl (C=O) groups is 1. The number of rotatable bonds is 8. The summed E-state index contributed by atoms with van der Waals surface area (Å²) in [6, 6.07) is 17.3. The van der Waals surface area contributed by atoms with Gasteiger partial charge in [0.2, 0.25) is 5.91 Å². The summed E-state index contributed by atoms with van der Waals surface area (Å²) in [7, 11) is -3.29. The molecule has 35 heavy (non-hydrogen) atoms. The van der Waals surface area contributed by atoms with Crippen molar-refractivity contribution in [2.45, 2.75) is 38.0 Å². The van der Waals surface area contributed by atoms with Gasteiger partial charge in [-0.3, -0.25) is 4.79 Å². The number of hydrogen-bond donors (Lipinski definition) is 1. The molecule has 0 heterocycles. The molecule has 8 heteroatoms. The Kier molecular flexibility index (Phi) is 8.60. The molecule has 1 N–H and O–H groups in total. The number of carbonyl (C=O) groups excluding carboxylic acids is 1. The van der Waals surface area contributed by atoms with Crippen LogP contribution in [0.25, 0.3) is 11.1 Å². The number of benzene rings is 3. The molecule has 0 aliphatic carbocycles. The zero-order valence-corrected chi connectivity index (χ0v) is 22.1. The molecule has 3 aromatic rings. The summed E-state index contributed by atoms with van der Waals surface area (Å²) in [5.41, 5.74) is 4.02. The van der Waals surface area contributed by atoms with Crippen molar-refractivity contribution in [1.82, 2.24) is 0 Å². The Labute approximate surface area is 216 Å². The Morgan fingerprint density at radius 2 is 1.69 bits per heavy atom. The van der Waals surface area contributed by atoms with E-state index in [1.165, 1.54) is 12.1 Å². The molecule has 0 aliphatic heterocycles. The van der Waals surface area contributed by atoms with E-state index in [1.54, 1.807) is 30.3 Å². The first-order valence-corrected chi connectivity index (χ1v) is 13.8. The van der Waals surface area contributed by atoms with E-state index in [0.29, 0.717) is 38.3 Å². The molecule has 1 atom stereocenters. The van der Waals surface area contributed by atoms with Gasteiger partial charge in [-0.15, -0.1) is 0 Å². The predicted octanol–water partition coefficient (Wildman–Crippen LogP) is 6.71. The fraction of sp³-hybridized carbons (Fsp3) is 0.259. The van der Waals surface area contributed by atoms with Gasteiger partial charge in [-0.2, -0.15) is 5.26 Å². The third kappa shape index (κ3) is 6.85. The molecule has 3 rings (SSSR count). The lowest BCUT2D eigenvalue weighted by molar-refractivity contribution is -0.115. The van der Waals surface area contributed by atoms with Gasteiger partial charge in [0, 0.05) is 17.5 Å². The van der Waals surface area contributed by atoms with E-state index in [1.807, 2.05) is 12.1 Å². The average molecular weight is 529 g/mol. The zero-order valence-electron chi connectivity index (χ0n) is 19.7. The van der Waals surface area contributed by atoms with Crippen LogP contribution in [0.4, 0.5) is 5.69 Å². The molecule has 1 amide bonds. The Balaban J connectivity index is 1.79. The van der Waals surface area contributed by atoms with Crippen LogP contribution in [0, 0.1) is 17.2 Å². The minimum Gasteiger partial charge on any atom is -0.326 e. The van der Waals surface area contributed by atoms with E-state index in [2.05, 4.69) is 25.2 Å². The Morgan fingerprint density at radius 3 is 2.23 bits per heavy atom. The third-order valence-electron chi connectivity index (χ3n) is 5.83. The monoisotopic (exact) mass is 528 g/mol. The lowest BCUT2D eigenvalue weighted by Crippen LogP contribution is -2.14. The number of amides is 1. The average Bonchev–Trinajstić information content (AvgIpc) is 2.79. The van der Waals surface area contributed by atoms with Crippen LogP contribution in [0.3, 0.4) is 0 Å². The maximum absolute atomic E-state index is 12.5. The van der Waals surface area contributed by atoms with E-state index in [9.17, 15) is 18.5 Å². The van der Waals surface area contributed by atoms with Crippen molar-refractivity contribution in [2.24, 2.45) is 5.92 Å². The molecule has 0 fully saturated rings. The molecule has 0 bridgehead atoms. The van der Waals surface area contributed by atoms with Gasteiger partial charge in [-0.1, -0.05) is 67.7 Å². The second-order valence-corrected chi connectivity index (χ2v) is 11.5. The highest BCUT2D eigenvalue weighted by atomic mass is 35.5. The lowest BCUT2D eigenvalue weighted by atomic mass is 9.93. The molecule has 182 valence electrons. The lowest BCUT2D eigenvalue weighted by Gasteiger charge is -2.14. The Hall–Kier alpha value is -2.85. The summed E-state index contributed by atoms with van der Waals surface area (Å²) in [6.07, 6.45) is 3.05. The minimum absolute atomic E-state index is 0.0597. The topological polar surface area (TPSA) is 87.0 Å². The summed E-state index contributed by atoms with van der Waals surface area (Å²) in [4.78, 5) is 12.7. The van der Waals surface area contributed by atoms with Crippen LogP contribution < -0.4 is 5.32 Å². The van der Waals surface area contributed by atoms with Gasteiger partial charge in [0.1, 0.15) is 0 Å². The number of sulfone groups is 1. The zero-order chi connectivity index (χ0) is 25.8. The highest BCUT2D eigenvalue weighted by Gasteiger charge is 2.15. The molecule has 0 spiro atoms. The standard InChI is InChI=1S/C27H26Cl2N2O3S/c1-4-17(2)11-19-7-8-20(13-21(19)16-30)27-24(28)14-22(15-25(27)29)31-26(32)12-18-5-9-23(10-6-18)35(3,33)34/h5-10,13-15,17H,4,11-12H2,1-3H3,(H,31,32). The van der Waals surface area contributed by atoms with Crippen molar-refractivity contribution in [3.63, 3.8) is 0 Å². The highest BCUT2D eigenvalue weighted by Crippen LogP contribution is 2.38. The van der Waals surface area contributed by atoms with E-state index >= 15 is 0 Å². The van der Waals surface area contributed by atoms with Crippen LogP contribution >= 0.6 is 23.2 Å². The van der Waals surface area contributed by atoms with Gasteiger partial charge in [-0.25, -0.2) is 8.42 Å². The van der Waals surface area contributed by atoms with E-state index in [4.69, 9.17) is 23.2 Å². The largest absolute Gasteiger partial charge is 0.326 e. The van der Waals surface area contributed by atoms with Gasteiger partial charge < -0.3 is 5.32 Å². The second kappa shape index (κ2) is 11.3. The number of nitrogens with one attached hydrogen (secondary N) is 1. The van der Waals surface area contributed by atoms with Crippen molar-refractivity contribution < 1.29 is 13.2 Å². The number of anilines is 1. The number of hydrogen-bond acceptors (Lipinski definition) is 4. The van der Waals surface area contributed by atoms with E-state index < -0.39 is 9.84 Å². The van der Waals surface area contributed by atoms with Gasteiger partial charge in [0.15, 0.2) is 9.84 Å². The summed E-state index contributed by atoms with van der Waals surface area (Å²) in [6.45, 7) is 4.28. The van der Waals surface area contributed by atoms with Gasteiger partial charge >= 0.3 is 0 Å². The first-order chi connectivity index (χ1) is 16.5. The predicted molar refractivity (Wildman–Crippen MR) is 142 cm³/mol. The van der Waals surface area contributed by atoms with Gasteiger partial charge in [0.05, 0.1) is 33.0 Å². The SMILES string of the molecule is CCC(C)Cc1ccc(-c2c(Cl)cc(NC(=O)Cc3ccc(S(C)(=O)=O)cc3)cc2Cl)cc1C#N. The highest BCUT2D eigenvalue weighted by molar-refractivity contribution is 7.90. The van der Waals surface area contributed by atoms with Crippen LogP contribution in [-0.2, 0) is 27.5 Å². The summed E-state index contributed by atoms with van der Waals surface area (Å²) < 4.78 is 23.2. The molecule has 0 radical (unpaired) electrons. The number of nitrogens with zero attached hydrogens (tertiary/aromatic N) is 1. The molecular weight excluding hydrogens is 503 g/mol. The molecule has 0 saturated heterocycles. The number of nitriles is 1. The Morgan fingerprint density at radius 1 is 1.06 bits per heavy atom. The molecular formula is C27H26Cl2N2O3S. The molecule has 1 unspecified atom stereocenters. The minimum atomic E-state index is -3.29. The second-order valence-electron chi connectivity index (χ2n) is 8.66. The quantitative estimate of drug-likeness (QED) is 0.352. The molecule has 0 aromatic heterocycles. The van der Waals surface area contributed by atoms with Crippen molar-refractivity contribution in [1.29, 1.82) is 5.26 Å². The Bertz CT molecular complexity index is 1370. The smallest absolute Gasteiger partial charge is 0.228 e. The van der Waals surface area contributed by atoms with Crippen LogP contribution in [0.15, 0.2) is 59.5 Å². The van der Waals surface area contributed by atoms with Crippen molar-refractivity contribution in [3.05, 3.63) is 81.3 Å². The van der Waals surface area contributed by atoms with Crippen LogP contribution in [0.1, 0.15) is 37.0 Å². The number of halogens is 2. The maximum Gasteiger partial charge on any atom is 0.228 e. The van der Waals surface area contributed by atoms with E-state index in [-0.39, 0.29) is 17.2 Å². The first kappa shape index (κ1) is 26.7. The van der Waals surface area contributed by atoms with Crippen LogP contribution in [0.2, 0.25) is 10.0 Å². The van der Waals surface area contributed by atoms with Gasteiger partial charge in [0.25, 0.3) is 0 Å². The maximum atomic E-state index is 12.5. The molecule has 0 saturated carbocycles. The first-order valence-electron chi connectivity index (χ1n) is 11.1. The summed E-state index contributed by atoms with van der Waals surface area (Å²) in [5.74, 6) is 0.179. The van der Waals surface area contributed by atoms with Crippen molar-refractivity contribution in [3.8, 4) is 17.2 Å². The fourth-order valence-corrected chi connectivity index (χ4v) is 5.04. The van der Waals surface area contributed by atoms with Crippen LogP contribution in [0.5, 0.6) is 0 Å². The summed E-state index contributed by atoms with van der Waals surface area (Å²) >= 11 is 13.1. The van der Waals surface area contributed by atoms with Crippen LogP contribution in [-0.4, -0.2) is 20.6 Å². The molecule has 5 nitrogen and oxygen atoms in total. The third-order valence-corrected chi connectivity index (χ3v) is 7.55. The fourth-order valence-electron chi connectivity index (χ4n) is 3.70. The van der Waals surface area contributed by atoms with Crippen molar-refractivity contribution >= 4 is 44.6 Å². The normalized spacial score (nSPS) is 12.1. The van der Waals surface area contributed by atoms with E-state index in [0.717, 1.165) is 30.2 Å². The molecule has 0 aliphatic rings.